The minimum atomic E-state index is 0.363. The van der Waals surface area contributed by atoms with Crippen molar-refractivity contribution in [1.82, 2.24) is 5.32 Å². The van der Waals surface area contributed by atoms with Crippen molar-refractivity contribution in [2.24, 2.45) is 0 Å². The molecule has 1 fully saturated rings. The van der Waals surface area contributed by atoms with Gasteiger partial charge in [-0.3, -0.25) is 0 Å². The number of thiophene rings is 1. The Morgan fingerprint density at radius 3 is 2.94 bits per heavy atom. The van der Waals surface area contributed by atoms with Crippen LogP contribution in [0.25, 0.3) is 0 Å². The van der Waals surface area contributed by atoms with E-state index in [0.29, 0.717) is 6.10 Å². The van der Waals surface area contributed by atoms with Gasteiger partial charge in [0.1, 0.15) is 0 Å². The highest BCUT2D eigenvalue weighted by atomic mass is 32.1. The number of aryl methyl sites for hydroxylation is 1. The smallest absolute Gasteiger partial charge is 0.0731 e. The molecular weight excluding hydrogens is 230 g/mol. The molecular formula is C14H23NOS. The van der Waals surface area contributed by atoms with Gasteiger partial charge in [-0.1, -0.05) is 6.92 Å². The molecule has 1 atom stereocenters. The van der Waals surface area contributed by atoms with Crippen molar-refractivity contribution in [2.45, 2.75) is 65.3 Å². The maximum atomic E-state index is 5.80. The molecule has 17 heavy (non-hydrogen) atoms. The van der Waals surface area contributed by atoms with E-state index < -0.39 is 0 Å². The molecule has 0 bridgehead atoms. The third kappa shape index (κ3) is 4.09. The van der Waals surface area contributed by atoms with E-state index in [-0.39, 0.29) is 0 Å². The average Bonchev–Trinajstić information content (AvgIpc) is 3.08. The van der Waals surface area contributed by atoms with Crippen LogP contribution >= 0.6 is 11.3 Å². The first-order chi connectivity index (χ1) is 8.19. The van der Waals surface area contributed by atoms with E-state index in [1.807, 2.05) is 11.3 Å². The Bertz CT molecular complexity index is 357. The van der Waals surface area contributed by atoms with E-state index in [1.165, 1.54) is 28.2 Å². The van der Waals surface area contributed by atoms with Gasteiger partial charge in [-0.25, -0.2) is 0 Å². The van der Waals surface area contributed by atoms with Gasteiger partial charge >= 0.3 is 0 Å². The van der Waals surface area contributed by atoms with Crippen LogP contribution in [0.15, 0.2) is 6.07 Å². The van der Waals surface area contributed by atoms with E-state index in [4.69, 9.17) is 4.74 Å². The normalized spacial score (nSPS) is 17.4. The second kappa shape index (κ2) is 5.98. The summed E-state index contributed by atoms with van der Waals surface area (Å²) in [7, 11) is 0. The predicted molar refractivity (Wildman–Crippen MR) is 73.5 cm³/mol. The van der Waals surface area contributed by atoms with Crippen molar-refractivity contribution in [3.8, 4) is 0 Å². The van der Waals surface area contributed by atoms with Gasteiger partial charge in [0.15, 0.2) is 0 Å². The van der Waals surface area contributed by atoms with Crippen LogP contribution in [0.3, 0.4) is 0 Å². The molecule has 1 aliphatic carbocycles. The van der Waals surface area contributed by atoms with Crippen LogP contribution < -0.4 is 5.32 Å². The third-order valence-electron chi connectivity index (χ3n) is 3.31. The van der Waals surface area contributed by atoms with E-state index in [1.54, 1.807) is 0 Å². The quantitative estimate of drug-likeness (QED) is 0.801. The lowest BCUT2D eigenvalue weighted by Crippen LogP contribution is -2.14. The van der Waals surface area contributed by atoms with Gasteiger partial charge in [-0.2, -0.15) is 0 Å². The van der Waals surface area contributed by atoms with Crippen LogP contribution in [0.1, 0.15) is 48.4 Å². The van der Waals surface area contributed by atoms with E-state index in [0.717, 1.165) is 25.6 Å². The summed E-state index contributed by atoms with van der Waals surface area (Å²) in [6.45, 7) is 8.29. The van der Waals surface area contributed by atoms with Crippen molar-refractivity contribution in [3.63, 3.8) is 0 Å². The second-order valence-corrected chi connectivity index (χ2v) is 6.32. The summed E-state index contributed by atoms with van der Waals surface area (Å²) in [5, 5.41) is 3.56. The van der Waals surface area contributed by atoms with E-state index in [2.05, 4.69) is 32.2 Å². The predicted octanol–water partition coefficient (Wildman–Crippen LogP) is 3.62. The number of hydrogen-bond acceptors (Lipinski definition) is 3. The second-order valence-electron chi connectivity index (χ2n) is 4.98. The van der Waals surface area contributed by atoms with Crippen LogP contribution in [-0.4, -0.2) is 12.1 Å². The average molecular weight is 253 g/mol. The Labute approximate surface area is 108 Å². The summed E-state index contributed by atoms with van der Waals surface area (Å²) in [5.41, 5.74) is 1.36. The largest absolute Gasteiger partial charge is 0.374 e. The molecule has 1 saturated carbocycles. The van der Waals surface area contributed by atoms with Gasteiger partial charge in [-0.15, -0.1) is 11.3 Å². The first-order valence-electron chi connectivity index (χ1n) is 6.62. The lowest BCUT2D eigenvalue weighted by Gasteiger charge is -2.09. The number of ether oxygens (including phenoxy) is 1. The summed E-state index contributed by atoms with van der Waals surface area (Å²) in [4.78, 5) is 2.85. The molecule has 3 heteroatoms. The summed E-state index contributed by atoms with van der Waals surface area (Å²) in [6.07, 6.45) is 4.16. The highest BCUT2D eigenvalue weighted by Crippen LogP contribution is 2.25. The highest BCUT2D eigenvalue weighted by Gasteiger charge is 2.20. The van der Waals surface area contributed by atoms with Crippen LogP contribution in [0.4, 0.5) is 0 Å². The molecule has 0 aliphatic heterocycles. The molecule has 0 aromatic carbocycles. The zero-order chi connectivity index (χ0) is 12.3. The molecule has 1 N–H and O–H groups in total. The third-order valence-corrected chi connectivity index (χ3v) is 4.40. The number of rotatable bonds is 7. The lowest BCUT2D eigenvalue weighted by atomic mass is 10.2. The molecule has 96 valence electrons. The summed E-state index contributed by atoms with van der Waals surface area (Å²) < 4.78 is 5.80. The Morgan fingerprint density at radius 2 is 2.29 bits per heavy atom. The Hall–Kier alpha value is -0.380. The van der Waals surface area contributed by atoms with E-state index >= 15 is 0 Å². The minimum absolute atomic E-state index is 0.363. The summed E-state index contributed by atoms with van der Waals surface area (Å²) in [5.74, 6) is 0. The lowest BCUT2D eigenvalue weighted by molar-refractivity contribution is 0.0508. The Kier molecular flexibility index (Phi) is 4.60. The summed E-state index contributed by atoms with van der Waals surface area (Å²) >= 11 is 1.90. The zero-order valence-corrected chi connectivity index (χ0v) is 11.9. The molecule has 2 nitrogen and oxygen atoms in total. The number of nitrogens with one attached hydrogen (secondary N) is 1. The molecule has 1 heterocycles. The van der Waals surface area contributed by atoms with Crippen molar-refractivity contribution in [2.75, 3.05) is 0 Å². The maximum Gasteiger partial charge on any atom is 0.0731 e. The van der Waals surface area contributed by atoms with Gasteiger partial charge in [0.25, 0.3) is 0 Å². The molecule has 1 unspecified atom stereocenters. The molecule has 0 radical (unpaired) electrons. The molecule has 0 amide bonds. The zero-order valence-electron chi connectivity index (χ0n) is 11.1. The molecule has 1 aromatic rings. The number of hydrogen-bond donors (Lipinski definition) is 1. The summed E-state index contributed by atoms with van der Waals surface area (Å²) in [6, 6.07) is 3.09. The maximum absolute atomic E-state index is 5.80. The van der Waals surface area contributed by atoms with Gasteiger partial charge in [0.05, 0.1) is 12.7 Å². The fourth-order valence-electron chi connectivity index (χ4n) is 1.70. The molecule has 2 rings (SSSR count). The van der Waals surface area contributed by atoms with Gasteiger partial charge < -0.3 is 10.1 Å². The first-order valence-corrected chi connectivity index (χ1v) is 7.44. The molecule has 0 saturated heterocycles. The van der Waals surface area contributed by atoms with Crippen LogP contribution in [0, 0.1) is 6.92 Å². The van der Waals surface area contributed by atoms with Crippen molar-refractivity contribution < 1.29 is 4.74 Å². The Morgan fingerprint density at radius 1 is 1.53 bits per heavy atom. The topological polar surface area (TPSA) is 21.3 Å². The van der Waals surface area contributed by atoms with Crippen LogP contribution in [0.5, 0.6) is 0 Å². The van der Waals surface area contributed by atoms with Crippen molar-refractivity contribution in [3.05, 3.63) is 21.4 Å². The molecule has 1 aromatic heterocycles. The van der Waals surface area contributed by atoms with Crippen molar-refractivity contribution in [1.29, 1.82) is 0 Å². The van der Waals surface area contributed by atoms with Gasteiger partial charge in [0.2, 0.25) is 0 Å². The standard InChI is InChI=1S/C14H23NOS/c1-4-10(2)16-9-12-7-14(17-11(12)3)8-15-13-5-6-13/h7,10,13,15H,4-6,8-9H2,1-3H3. The van der Waals surface area contributed by atoms with Gasteiger partial charge in [-0.05, 0) is 44.7 Å². The molecule has 1 aliphatic rings. The van der Waals surface area contributed by atoms with E-state index in [9.17, 15) is 0 Å². The highest BCUT2D eigenvalue weighted by molar-refractivity contribution is 7.12. The molecule has 0 spiro atoms. The van der Waals surface area contributed by atoms with Crippen LogP contribution in [-0.2, 0) is 17.9 Å². The Balaban J connectivity index is 1.83. The van der Waals surface area contributed by atoms with Crippen molar-refractivity contribution >= 4 is 11.3 Å². The monoisotopic (exact) mass is 253 g/mol. The van der Waals surface area contributed by atoms with Crippen LogP contribution in [0.2, 0.25) is 0 Å². The fraction of sp³-hybridized carbons (Fsp3) is 0.714. The SMILES string of the molecule is CCC(C)OCc1cc(CNC2CC2)sc1C. The van der Waals surface area contributed by atoms with Gasteiger partial charge in [0, 0.05) is 22.3 Å². The fourth-order valence-corrected chi connectivity index (χ4v) is 2.70. The minimum Gasteiger partial charge on any atom is -0.374 e. The first kappa shape index (κ1) is 13.1.